The Bertz CT molecular complexity index is 401. The molecule has 0 spiro atoms. The lowest BCUT2D eigenvalue weighted by molar-refractivity contribution is -0.119. The molecule has 5 nitrogen and oxygen atoms in total. The summed E-state index contributed by atoms with van der Waals surface area (Å²) in [4.78, 5) is 22.2. The van der Waals surface area contributed by atoms with Crippen molar-refractivity contribution in [1.82, 2.24) is 5.32 Å². The van der Waals surface area contributed by atoms with Crippen molar-refractivity contribution >= 4 is 11.8 Å². The highest BCUT2D eigenvalue weighted by Crippen LogP contribution is 2.11. The molecule has 0 aliphatic heterocycles. The fraction of sp³-hybridized carbons (Fsp3) is 0.385. The number of rotatable bonds is 7. The monoisotopic (exact) mass is 250 g/mol. The maximum Gasteiger partial charge on any atom is 0.255 e. The van der Waals surface area contributed by atoms with Crippen molar-refractivity contribution in [3.63, 3.8) is 0 Å². The number of nitrogens with one attached hydrogen (secondary N) is 1. The van der Waals surface area contributed by atoms with Crippen LogP contribution in [0, 0.1) is 0 Å². The summed E-state index contributed by atoms with van der Waals surface area (Å²) in [5, 5.41) is 2.82. The molecule has 0 saturated carbocycles. The van der Waals surface area contributed by atoms with Gasteiger partial charge >= 0.3 is 0 Å². The third-order valence-corrected chi connectivity index (χ3v) is 2.31. The first-order valence-corrected chi connectivity index (χ1v) is 5.93. The molecule has 0 unspecified atom stereocenters. The van der Waals surface area contributed by atoms with Gasteiger partial charge < -0.3 is 15.8 Å². The number of ether oxygens (including phenoxy) is 1. The Morgan fingerprint density at radius 2 is 1.94 bits per heavy atom. The highest BCUT2D eigenvalue weighted by atomic mass is 16.5. The highest BCUT2D eigenvalue weighted by Gasteiger charge is 2.05. The summed E-state index contributed by atoms with van der Waals surface area (Å²) >= 11 is 0. The van der Waals surface area contributed by atoms with Crippen LogP contribution in [-0.4, -0.2) is 25.0 Å². The van der Waals surface area contributed by atoms with E-state index in [1.165, 1.54) is 0 Å². The molecule has 3 N–H and O–H groups in total. The van der Waals surface area contributed by atoms with Crippen molar-refractivity contribution in [2.24, 2.45) is 5.73 Å². The number of carbonyl (C=O) groups excluding carboxylic acids is 2. The Kier molecular flexibility index (Phi) is 5.70. The fourth-order valence-electron chi connectivity index (χ4n) is 1.34. The zero-order valence-corrected chi connectivity index (χ0v) is 10.4. The Morgan fingerprint density at radius 3 is 2.50 bits per heavy atom. The fourth-order valence-corrected chi connectivity index (χ4v) is 1.34. The number of primary amides is 1. The van der Waals surface area contributed by atoms with Gasteiger partial charge in [-0.05, 0) is 30.7 Å². The van der Waals surface area contributed by atoms with E-state index in [1.54, 1.807) is 24.3 Å². The smallest absolute Gasteiger partial charge is 0.255 e. The molecule has 1 rings (SSSR count). The predicted octanol–water partition coefficient (Wildman–Crippen LogP) is 1.08. The molecule has 18 heavy (non-hydrogen) atoms. The van der Waals surface area contributed by atoms with E-state index < -0.39 is 5.91 Å². The number of carbonyl (C=O) groups is 2. The van der Waals surface area contributed by atoms with E-state index in [4.69, 9.17) is 10.5 Å². The molecular formula is C13H18N2O3. The number of amides is 2. The number of unbranched alkanes of at least 4 members (excludes halogenated alkanes) is 1. The summed E-state index contributed by atoms with van der Waals surface area (Å²) in [7, 11) is 0. The normalized spacial score (nSPS) is 9.83. The van der Waals surface area contributed by atoms with Crippen LogP contribution >= 0.6 is 0 Å². The van der Waals surface area contributed by atoms with Crippen LogP contribution in [0.2, 0.25) is 0 Å². The first kappa shape index (κ1) is 14.0. The summed E-state index contributed by atoms with van der Waals surface area (Å²) < 4.78 is 5.09. The maximum absolute atomic E-state index is 11.7. The Morgan fingerprint density at radius 1 is 1.28 bits per heavy atom. The van der Waals surface area contributed by atoms with Crippen LogP contribution in [0.25, 0.3) is 0 Å². The van der Waals surface area contributed by atoms with Gasteiger partial charge in [-0.2, -0.15) is 0 Å². The maximum atomic E-state index is 11.7. The Labute approximate surface area is 106 Å². The SMILES string of the molecule is CCCCNC(=O)c1ccc(OCC(N)=O)cc1. The second-order valence-corrected chi connectivity index (χ2v) is 3.89. The van der Waals surface area contributed by atoms with Crippen molar-refractivity contribution in [3.05, 3.63) is 29.8 Å². The van der Waals surface area contributed by atoms with E-state index in [0.717, 1.165) is 12.8 Å². The molecule has 0 atom stereocenters. The minimum atomic E-state index is -0.531. The van der Waals surface area contributed by atoms with Crippen LogP contribution in [-0.2, 0) is 4.79 Å². The molecule has 0 fully saturated rings. The molecule has 0 aliphatic carbocycles. The van der Waals surface area contributed by atoms with E-state index in [1.807, 2.05) is 0 Å². The van der Waals surface area contributed by atoms with Crippen LogP contribution in [0.3, 0.4) is 0 Å². The van der Waals surface area contributed by atoms with Crippen molar-refractivity contribution in [2.75, 3.05) is 13.2 Å². The minimum absolute atomic E-state index is 0.107. The molecule has 0 saturated heterocycles. The van der Waals surface area contributed by atoms with Crippen LogP contribution in [0.1, 0.15) is 30.1 Å². The Balaban J connectivity index is 2.48. The van der Waals surface area contributed by atoms with Crippen molar-refractivity contribution in [3.8, 4) is 5.75 Å². The first-order valence-electron chi connectivity index (χ1n) is 5.93. The summed E-state index contributed by atoms with van der Waals surface area (Å²) in [6, 6.07) is 6.57. The summed E-state index contributed by atoms with van der Waals surface area (Å²) in [5.41, 5.74) is 5.53. The van der Waals surface area contributed by atoms with E-state index in [0.29, 0.717) is 17.9 Å². The summed E-state index contributed by atoms with van der Waals surface area (Å²) in [6.07, 6.45) is 2.01. The zero-order chi connectivity index (χ0) is 13.4. The van der Waals surface area contributed by atoms with Gasteiger partial charge in [0.2, 0.25) is 0 Å². The standard InChI is InChI=1S/C13H18N2O3/c1-2-3-8-15-13(17)10-4-6-11(7-5-10)18-9-12(14)16/h4-7H,2-3,8-9H2,1H3,(H2,14,16)(H,15,17). The van der Waals surface area contributed by atoms with Crippen molar-refractivity contribution in [1.29, 1.82) is 0 Å². The van der Waals surface area contributed by atoms with Crippen molar-refractivity contribution in [2.45, 2.75) is 19.8 Å². The van der Waals surface area contributed by atoms with Gasteiger partial charge in [0.1, 0.15) is 5.75 Å². The lowest BCUT2D eigenvalue weighted by Crippen LogP contribution is -2.24. The molecule has 0 aliphatic rings. The van der Waals surface area contributed by atoms with Crippen molar-refractivity contribution < 1.29 is 14.3 Å². The third-order valence-electron chi connectivity index (χ3n) is 2.31. The summed E-state index contributed by atoms with van der Waals surface area (Å²) in [5.74, 6) is -0.125. The van der Waals surface area contributed by atoms with E-state index in [9.17, 15) is 9.59 Å². The molecule has 0 bridgehead atoms. The first-order chi connectivity index (χ1) is 8.63. The Hall–Kier alpha value is -2.04. The average molecular weight is 250 g/mol. The zero-order valence-electron chi connectivity index (χ0n) is 10.4. The van der Waals surface area contributed by atoms with E-state index >= 15 is 0 Å². The predicted molar refractivity (Wildman–Crippen MR) is 68.4 cm³/mol. The molecule has 2 amide bonds. The quantitative estimate of drug-likeness (QED) is 0.710. The van der Waals surface area contributed by atoms with Gasteiger partial charge in [-0.25, -0.2) is 0 Å². The van der Waals surface area contributed by atoms with Gasteiger partial charge in [-0.15, -0.1) is 0 Å². The van der Waals surface area contributed by atoms with Gasteiger partial charge in [0.25, 0.3) is 11.8 Å². The van der Waals surface area contributed by atoms with E-state index in [-0.39, 0.29) is 12.5 Å². The average Bonchev–Trinajstić information content (AvgIpc) is 2.37. The van der Waals surface area contributed by atoms with E-state index in [2.05, 4.69) is 12.2 Å². The molecule has 98 valence electrons. The molecule has 0 aromatic heterocycles. The van der Waals surface area contributed by atoms with Crippen LogP contribution in [0.4, 0.5) is 0 Å². The molecule has 1 aromatic rings. The highest BCUT2D eigenvalue weighted by molar-refractivity contribution is 5.94. The molecular weight excluding hydrogens is 232 g/mol. The lowest BCUT2D eigenvalue weighted by Gasteiger charge is -2.06. The second-order valence-electron chi connectivity index (χ2n) is 3.89. The molecule has 1 aromatic carbocycles. The van der Waals surface area contributed by atoms with Crippen LogP contribution in [0.15, 0.2) is 24.3 Å². The number of hydrogen-bond acceptors (Lipinski definition) is 3. The number of hydrogen-bond donors (Lipinski definition) is 2. The minimum Gasteiger partial charge on any atom is -0.484 e. The van der Waals surface area contributed by atoms with Gasteiger partial charge in [0.05, 0.1) is 0 Å². The van der Waals surface area contributed by atoms with Gasteiger partial charge in [0, 0.05) is 12.1 Å². The largest absolute Gasteiger partial charge is 0.484 e. The van der Waals surface area contributed by atoms with Crippen LogP contribution < -0.4 is 15.8 Å². The second kappa shape index (κ2) is 7.32. The van der Waals surface area contributed by atoms with Gasteiger partial charge in [-0.1, -0.05) is 13.3 Å². The lowest BCUT2D eigenvalue weighted by atomic mass is 10.2. The molecule has 0 radical (unpaired) electrons. The van der Waals surface area contributed by atoms with Crippen LogP contribution in [0.5, 0.6) is 5.75 Å². The summed E-state index contributed by atoms with van der Waals surface area (Å²) in [6.45, 7) is 2.58. The van der Waals surface area contributed by atoms with Gasteiger partial charge in [-0.3, -0.25) is 9.59 Å². The number of nitrogens with two attached hydrogens (primary N) is 1. The van der Waals surface area contributed by atoms with Gasteiger partial charge in [0.15, 0.2) is 6.61 Å². The third kappa shape index (κ3) is 4.86. The molecule has 5 heteroatoms. The molecule has 0 heterocycles. The topological polar surface area (TPSA) is 81.4 Å². The number of benzene rings is 1.